The molecule has 0 N–H and O–H groups in total. The fourth-order valence-corrected chi connectivity index (χ4v) is 2.77. The molecule has 1 saturated heterocycles. The average Bonchev–Trinajstić information content (AvgIpc) is 2.43. The predicted octanol–water partition coefficient (Wildman–Crippen LogP) is 1.31. The highest BCUT2D eigenvalue weighted by molar-refractivity contribution is 7.80. The van der Waals surface area contributed by atoms with Crippen LogP contribution in [0.1, 0.15) is 12.8 Å². The summed E-state index contributed by atoms with van der Waals surface area (Å²) in [6.45, 7) is 6.23. The SMILES string of the molecule is COCCN(CCOC)CC1(CS)CCOCC1. The van der Waals surface area contributed by atoms with Gasteiger partial charge in [0.25, 0.3) is 0 Å². The third-order valence-electron chi connectivity index (χ3n) is 3.67. The Bertz CT molecular complexity index is 202. The zero-order valence-corrected chi connectivity index (χ0v) is 12.6. The van der Waals surface area contributed by atoms with Crippen LogP contribution in [-0.2, 0) is 14.2 Å². The summed E-state index contributed by atoms with van der Waals surface area (Å²) in [4.78, 5) is 2.43. The molecule has 108 valence electrons. The van der Waals surface area contributed by atoms with E-state index >= 15 is 0 Å². The summed E-state index contributed by atoms with van der Waals surface area (Å²) in [5.41, 5.74) is 0.294. The summed E-state index contributed by atoms with van der Waals surface area (Å²) < 4.78 is 15.8. The van der Waals surface area contributed by atoms with Crippen molar-refractivity contribution >= 4 is 12.6 Å². The molecule has 1 rings (SSSR count). The fourth-order valence-electron chi connectivity index (χ4n) is 2.36. The van der Waals surface area contributed by atoms with Crippen molar-refractivity contribution in [3.05, 3.63) is 0 Å². The molecule has 4 nitrogen and oxygen atoms in total. The molecule has 1 fully saturated rings. The summed E-state index contributed by atoms with van der Waals surface area (Å²) in [5.74, 6) is 0.923. The van der Waals surface area contributed by atoms with Crippen LogP contribution < -0.4 is 0 Å². The van der Waals surface area contributed by atoms with Gasteiger partial charge in [0.15, 0.2) is 0 Å². The highest BCUT2D eigenvalue weighted by Crippen LogP contribution is 2.32. The third-order valence-corrected chi connectivity index (χ3v) is 4.34. The van der Waals surface area contributed by atoms with Crippen LogP contribution in [0.2, 0.25) is 0 Å². The van der Waals surface area contributed by atoms with Gasteiger partial charge in [-0.2, -0.15) is 12.6 Å². The Morgan fingerprint density at radius 3 is 2.11 bits per heavy atom. The van der Waals surface area contributed by atoms with Gasteiger partial charge < -0.3 is 14.2 Å². The van der Waals surface area contributed by atoms with Crippen LogP contribution in [-0.4, -0.2) is 70.9 Å². The smallest absolute Gasteiger partial charge is 0.0589 e. The first-order chi connectivity index (χ1) is 8.76. The minimum atomic E-state index is 0.294. The molecule has 0 spiro atoms. The standard InChI is InChI=1S/C13H27NO3S/c1-15-9-5-14(6-10-16-2)11-13(12-18)3-7-17-8-4-13/h18H,3-12H2,1-2H3. The highest BCUT2D eigenvalue weighted by atomic mass is 32.1. The van der Waals surface area contributed by atoms with Gasteiger partial charge in [-0.25, -0.2) is 0 Å². The Hall–Kier alpha value is 0.190. The highest BCUT2D eigenvalue weighted by Gasteiger charge is 2.33. The first-order valence-corrected chi connectivity index (χ1v) is 7.28. The Kier molecular flexibility index (Phi) is 8.26. The lowest BCUT2D eigenvalue weighted by molar-refractivity contribution is 0.000171. The molecule has 0 aliphatic carbocycles. The van der Waals surface area contributed by atoms with Crippen molar-refractivity contribution in [3.63, 3.8) is 0 Å². The number of hydrogen-bond donors (Lipinski definition) is 1. The van der Waals surface area contributed by atoms with Crippen molar-refractivity contribution in [2.24, 2.45) is 5.41 Å². The molecule has 1 aliphatic heterocycles. The van der Waals surface area contributed by atoms with Crippen molar-refractivity contribution in [2.75, 3.05) is 66.0 Å². The van der Waals surface area contributed by atoms with E-state index in [4.69, 9.17) is 14.2 Å². The van der Waals surface area contributed by atoms with E-state index in [2.05, 4.69) is 17.5 Å². The molecule has 0 unspecified atom stereocenters. The van der Waals surface area contributed by atoms with E-state index in [9.17, 15) is 0 Å². The number of hydrogen-bond acceptors (Lipinski definition) is 5. The van der Waals surface area contributed by atoms with Crippen LogP contribution >= 0.6 is 12.6 Å². The van der Waals surface area contributed by atoms with Gasteiger partial charge in [0.05, 0.1) is 13.2 Å². The number of rotatable bonds is 9. The Morgan fingerprint density at radius 2 is 1.67 bits per heavy atom. The quantitative estimate of drug-likeness (QED) is 0.644. The monoisotopic (exact) mass is 277 g/mol. The van der Waals surface area contributed by atoms with E-state index in [-0.39, 0.29) is 0 Å². The first-order valence-electron chi connectivity index (χ1n) is 6.65. The van der Waals surface area contributed by atoms with Crippen molar-refractivity contribution in [1.29, 1.82) is 0 Å². The van der Waals surface area contributed by atoms with Gasteiger partial charge in [0.2, 0.25) is 0 Å². The summed E-state index contributed by atoms with van der Waals surface area (Å²) in [7, 11) is 3.49. The lowest BCUT2D eigenvalue weighted by atomic mass is 9.81. The van der Waals surface area contributed by atoms with Crippen molar-refractivity contribution in [2.45, 2.75) is 12.8 Å². The van der Waals surface area contributed by atoms with Gasteiger partial charge in [-0.15, -0.1) is 0 Å². The average molecular weight is 277 g/mol. The molecule has 0 atom stereocenters. The van der Waals surface area contributed by atoms with Gasteiger partial charge in [-0.05, 0) is 24.0 Å². The molecular formula is C13H27NO3S. The molecule has 1 heterocycles. The van der Waals surface area contributed by atoms with E-state index in [1.54, 1.807) is 14.2 Å². The van der Waals surface area contributed by atoms with Gasteiger partial charge in [-0.3, -0.25) is 4.90 Å². The Morgan fingerprint density at radius 1 is 1.11 bits per heavy atom. The zero-order valence-electron chi connectivity index (χ0n) is 11.7. The molecule has 0 bridgehead atoms. The molecule has 0 aromatic carbocycles. The minimum absolute atomic E-state index is 0.294. The van der Waals surface area contributed by atoms with Crippen molar-refractivity contribution < 1.29 is 14.2 Å². The second-order valence-electron chi connectivity index (χ2n) is 5.03. The van der Waals surface area contributed by atoms with Crippen LogP contribution in [0.3, 0.4) is 0 Å². The first kappa shape index (κ1) is 16.2. The Balaban J connectivity index is 2.49. The minimum Gasteiger partial charge on any atom is -0.383 e. The molecule has 1 aliphatic rings. The zero-order chi connectivity index (χ0) is 13.3. The van der Waals surface area contributed by atoms with Crippen molar-refractivity contribution in [1.82, 2.24) is 4.90 Å². The summed E-state index contributed by atoms with van der Waals surface area (Å²) in [6, 6.07) is 0. The molecular weight excluding hydrogens is 250 g/mol. The second kappa shape index (κ2) is 9.15. The van der Waals surface area contributed by atoms with Gasteiger partial charge in [0.1, 0.15) is 0 Å². The van der Waals surface area contributed by atoms with Gasteiger partial charge in [-0.1, -0.05) is 0 Å². The van der Waals surface area contributed by atoms with E-state index in [0.29, 0.717) is 5.41 Å². The molecule has 0 radical (unpaired) electrons. The molecule has 0 amide bonds. The van der Waals surface area contributed by atoms with Gasteiger partial charge in [0, 0.05) is 47.1 Å². The number of ether oxygens (including phenoxy) is 3. The van der Waals surface area contributed by atoms with E-state index < -0.39 is 0 Å². The Labute approximate surface area is 116 Å². The molecule has 5 heteroatoms. The van der Waals surface area contributed by atoms with Crippen LogP contribution in [0.15, 0.2) is 0 Å². The van der Waals surface area contributed by atoms with Crippen LogP contribution in [0.5, 0.6) is 0 Å². The predicted molar refractivity (Wildman–Crippen MR) is 76.5 cm³/mol. The topological polar surface area (TPSA) is 30.9 Å². The molecule has 18 heavy (non-hydrogen) atoms. The van der Waals surface area contributed by atoms with Crippen LogP contribution in [0, 0.1) is 5.41 Å². The van der Waals surface area contributed by atoms with Crippen LogP contribution in [0.4, 0.5) is 0 Å². The molecule has 0 aromatic heterocycles. The van der Waals surface area contributed by atoms with Crippen LogP contribution in [0.25, 0.3) is 0 Å². The van der Waals surface area contributed by atoms with E-state index in [1.165, 1.54) is 0 Å². The lowest BCUT2D eigenvalue weighted by Crippen LogP contribution is -2.45. The number of thiol groups is 1. The van der Waals surface area contributed by atoms with Gasteiger partial charge >= 0.3 is 0 Å². The maximum atomic E-state index is 5.47. The normalized spacial score (nSPS) is 19.3. The van der Waals surface area contributed by atoms with Crippen molar-refractivity contribution in [3.8, 4) is 0 Å². The summed E-state index contributed by atoms with van der Waals surface area (Å²) in [5, 5.41) is 0. The molecule has 0 aromatic rings. The number of methoxy groups -OCH3 is 2. The second-order valence-corrected chi connectivity index (χ2v) is 5.35. The summed E-state index contributed by atoms with van der Waals surface area (Å²) in [6.07, 6.45) is 2.21. The van der Waals surface area contributed by atoms with E-state index in [1.807, 2.05) is 0 Å². The maximum absolute atomic E-state index is 5.47. The van der Waals surface area contributed by atoms with E-state index in [0.717, 1.165) is 64.7 Å². The fraction of sp³-hybridized carbons (Fsp3) is 1.00. The molecule has 0 saturated carbocycles. The summed E-state index contributed by atoms with van der Waals surface area (Å²) >= 11 is 4.56. The number of nitrogens with zero attached hydrogens (tertiary/aromatic N) is 1. The third kappa shape index (κ3) is 5.45. The lowest BCUT2D eigenvalue weighted by Gasteiger charge is -2.40. The largest absolute Gasteiger partial charge is 0.383 e. The maximum Gasteiger partial charge on any atom is 0.0589 e.